The molecule has 0 spiro atoms. The standard InChI is InChI=1S/C22H33N5O4.C2HF3O2/c1-2-8-23-20(28)16-26-9-11-27(12-10-26)22(24-15-19-7-4-13-31-19)25-18-6-3-5-17(14-18)21(29)30;3-2(4,5)1(6)7/h3,5-6,14,19H,2,4,7-13,15-16H2,1H3,(H,23,28)(H,24,25)(H,29,30);(H,6,7). The van der Waals surface area contributed by atoms with Crippen molar-refractivity contribution in [2.45, 2.75) is 38.5 Å². The first-order chi connectivity index (χ1) is 18.0. The normalized spacial score (nSPS) is 18.4. The van der Waals surface area contributed by atoms with Crippen molar-refractivity contribution in [2.24, 2.45) is 4.99 Å². The summed E-state index contributed by atoms with van der Waals surface area (Å²) in [6, 6.07) is 6.73. The molecule has 1 aromatic carbocycles. The van der Waals surface area contributed by atoms with Gasteiger partial charge in [0, 0.05) is 45.0 Å². The lowest BCUT2D eigenvalue weighted by molar-refractivity contribution is -0.192. The predicted octanol–water partition coefficient (Wildman–Crippen LogP) is 2.11. The van der Waals surface area contributed by atoms with E-state index in [4.69, 9.17) is 19.6 Å². The Balaban J connectivity index is 0.000000638. The van der Waals surface area contributed by atoms with Crippen molar-refractivity contribution in [2.75, 3.05) is 57.7 Å². The minimum Gasteiger partial charge on any atom is -0.478 e. The van der Waals surface area contributed by atoms with Gasteiger partial charge in [0.2, 0.25) is 5.91 Å². The van der Waals surface area contributed by atoms with Crippen LogP contribution in [-0.2, 0) is 14.3 Å². The maximum atomic E-state index is 12.0. The van der Waals surface area contributed by atoms with Gasteiger partial charge in [-0.3, -0.25) is 14.7 Å². The number of aliphatic carboxylic acids is 1. The quantitative estimate of drug-likeness (QED) is 0.285. The van der Waals surface area contributed by atoms with E-state index in [-0.39, 0.29) is 17.6 Å². The Hall–Kier alpha value is -3.39. The number of aromatic carboxylic acids is 1. The Morgan fingerprint density at radius 3 is 2.39 bits per heavy atom. The number of carboxylic acid groups (broad SMARTS) is 2. The number of nitrogens with zero attached hydrogens (tertiary/aromatic N) is 3. The van der Waals surface area contributed by atoms with Gasteiger partial charge in [0.25, 0.3) is 0 Å². The van der Waals surface area contributed by atoms with Crippen molar-refractivity contribution in [3.63, 3.8) is 0 Å². The van der Waals surface area contributed by atoms with Crippen LogP contribution in [0.25, 0.3) is 0 Å². The van der Waals surface area contributed by atoms with Gasteiger partial charge >= 0.3 is 18.1 Å². The number of hydrogen-bond acceptors (Lipinski definition) is 6. The van der Waals surface area contributed by atoms with Crippen molar-refractivity contribution >= 4 is 29.5 Å². The van der Waals surface area contributed by atoms with Crippen molar-refractivity contribution in [1.29, 1.82) is 0 Å². The van der Waals surface area contributed by atoms with E-state index in [1.54, 1.807) is 18.2 Å². The summed E-state index contributed by atoms with van der Waals surface area (Å²) in [5.74, 6) is -2.94. The fourth-order valence-electron chi connectivity index (χ4n) is 3.70. The second-order valence-corrected chi connectivity index (χ2v) is 8.73. The number of ether oxygens (including phenoxy) is 1. The zero-order chi connectivity index (χ0) is 28.1. The zero-order valence-electron chi connectivity index (χ0n) is 21.2. The number of hydrogen-bond donors (Lipinski definition) is 4. The molecule has 11 nitrogen and oxygen atoms in total. The molecule has 0 bridgehead atoms. The third kappa shape index (κ3) is 10.9. The largest absolute Gasteiger partial charge is 0.490 e. The molecule has 1 amide bonds. The molecule has 2 fully saturated rings. The highest BCUT2D eigenvalue weighted by atomic mass is 19.4. The lowest BCUT2D eigenvalue weighted by Gasteiger charge is -2.36. The van der Waals surface area contributed by atoms with E-state index in [1.807, 2.05) is 13.0 Å². The molecule has 1 atom stereocenters. The monoisotopic (exact) mass is 545 g/mol. The predicted molar refractivity (Wildman–Crippen MR) is 133 cm³/mol. The molecule has 2 heterocycles. The van der Waals surface area contributed by atoms with Crippen LogP contribution in [0.15, 0.2) is 29.3 Å². The maximum absolute atomic E-state index is 12.0. The third-order valence-corrected chi connectivity index (χ3v) is 5.69. The van der Waals surface area contributed by atoms with E-state index in [1.165, 1.54) is 0 Å². The van der Waals surface area contributed by atoms with E-state index in [0.717, 1.165) is 52.0 Å². The SMILES string of the molecule is CCCNC(=O)CN1CCN(C(=NCC2CCCO2)Nc2cccc(C(=O)O)c2)CC1.O=C(O)C(F)(F)F. The number of halogens is 3. The number of rotatable bonds is 8. The molecule has 0 saturated carbocycles. The molecule has 1 aromatic rings. The molecule has 1 unspecified atom stereocenters. The second kappa shape index (κ2) is 15.1. The summed E-state index contributed by atoms with van der Waals surface area (Å²) in [5.41, 5.74) is 0.916. The Morgan fingerprint density at radius 2 is 1.84 bits per heavy atom. The summed E-state index contributed by atoms with van der Waals surface area (Å²) >= 11 is 0. The fraction of sp³-hybridized carbons (Fsp3) is 0.583. The summed E-state index contributed by atoms with van der Waals surface area (Å²) in [6.07, 6.45) is -1.96. The minimum absolute atomic E-state index is 0.0613. The van der Waals surface area contributed by atoms with Crippen LogP contribution >= 0.6 is 0 Å². The first-order valence-corrected chi connectivity index (χ1v) is 12.3. The molecule has 2 aliphatic rings. The number of carbonyl (C=O) groups is 3. The van der Waals surface area contributed by atoms with Crippen molar-refractivity contribution in [1.82, 2.24) is 15.1 Å². The van der Waals surface area contributed by atoms with Gasteiger partial charge in [-0.05, 0) is 37.5 Å². The zero-order valence-corrected chi connectivity index (χ0v) is 21.2. The molecular weight excluding hydrogens is 511 g/mol. The van der Waals surface area contributed by atoms with Gasteiger partial charge in [-0.2, -0.15) is 13.2 Å². The third-order valence-electron chi connectivity index (χ3n) is 5.69. The number of aliphatic imine (C=N–C) groups is 1. The average Bonchev–Trinajstić information content (AvgIpc) is 3.39. The first-order valence-electron chi connectivity index (χ1n) is 12.3. The molecule has 14 heteroatoms. The number of piperazine rings is 1. The van der Waals surface area contributed by atoms with Gasteiger partial charge in [-0.1, -0.05) is 13.0 Å². The highest BCUT2D eigenvalue weighted by molar-refractivity contribution is 5.96. The van der Waals surface area contributed by atoms with Crippen LogP contribution in [0.4, 0.5) is 18.9 Å². The van der Waals surface area contributed by atoms with Crippen LogP contribution in [0.2, 0.25) is 0 Å². The van der Waals surface area contributed by atoms with Gasteiger partial charge in [-0.15, -0.1) is 0 Å². The van der Waals surface area contributed by atoms with Crippen LogP contribution in [0, 0.1) is 0 Å². The van der Waals surface area contributed by atoms with Crippen LogP contribution < -0.4 is 10.6 Å². The Labute approximate surface area is 218 Å². The fourth-order valence-corrected chi connectivity index (χ4v) is 3.70. The highest BCUT2D eigenvalue weighted by Crippen LogP contribution is 2.16. The Bertz CT molecular complexity index is 961. The van der Waals surface area contributed by atoms with Crippen LogP contribution in [0.3, 0.4) is 0 Å². The lowest BCUT2D eigenvalue weighted by Crippen LogP contribution is -2.52. The number of anilines is 1. The van der Waals surface area contributed by atoms with Crippen LogP contribution in [-0.4, -0.2) is 109 Å². The number of guanidine groups is 1. The molecule has 2 aliphatic heterocycles. The molecule has 2 saturated heterocycles. The van der Waals surface area contributed by atoms with E-state index in [0.29, 0.717) is 31.3 Å². The molecule has 0 aromatic heterocycles. The summed E-state index contributed by atoms with van der Waals surface area (Å²) in [6.45, 7) is 7.49. The molecule has 0 aliphatic carbocycles. The molecule has 0 radical (unpaired) electrons. The number of amides is 1. The number of carboxylic acids is 2. The number of alkyl halides is 3. The first kappa shape index (κ1) is 30.8. The van der Waals surface area contributed by atoms with E-state index >= 15 is 0 Å². The van der Waals surface area contributed by atoms with E-state index in [9.17, 15) is 27.9 Å². The van der Waals surface area contributed by atoms with Gasteiger partial charge < -0.3 is 30.5 Å². The van der Waals surface area contributed by atoms with Gasteiger partial charge in [-0.25, -0.2) is 9.59 Å². The smallest absolute Gasteiger partial charge is 0.478 e. The van der Waals surface area contributed by atoms with Crippen molar-refractivity contribution in [3.05, 3.63) is 29.8 Å². The van der Waals surface area contributed by atoms with Gasteiger partial charge in [0.15, 0.2) is 5.96 Å². The van der Waals surface area contributed by atoms with Gasteiger partial charge in [0.05, 0.1) is 24.8 Å². The highest BCUT2D eigenvalue weighted by Gasteiger charge is 2.38. The van der Waals surface area contributed by atoms with Crippen molar-refractivity contribution < 1.29 is 42.5 Å². The second-order valence-electron chi connectivity index (χ2n) is 8.73. The summed E-state index contributed by atoms with van der Waals surface area (Å²) in [5, 5.41) is 22.6. The Morgan fingerprint density at radius 1 is 1.16 bits per heavy atom. The number of carbonyl (C=O) groups excluding carboxylic acids is 1. The van der Waals surface area contributed by atoms with Crippen molar-refractivity contribution in [3.8, 4) is 0 Å². The Kier molecular flexibility index (Phi) is 12.3. The molecule has 3 rings (SSSR count). The maximum Gasteiger partial charge on any atom is 0.490 e. The summed E-state index contributed by atoms with van der Waals surface area (Å²) in [4.78, 5) is 41.3. The lowest BCUT2D eigenvalue weighted by atomic mass is 10.2. The van der Waals surface area contributed by atoms with Crippen LogP contribution in [0.1, 0.15) is 36.5 Å². The minimum atomic E-state index is -5.08. The van der Waals surface area contributed by atoms with Gasteiger partial charge in [0.1, 0.15) is 0 Å². The average molecular weight is 546 g/mol. The molecule has 212 valence electrons. The summed E-state index contributed by atoms with van der Waals surface area (Å²) < 4.78 is 37.4. The number of nitrogens with one attached hydrogen (secondary N) is 2. The van der Waals surface area contributed by atoms with Crippen LogP contribution in [0.5, 0.6) is 0 Å². The molecule has 38 heavy (non-hydrogen) atoms. The number of benzene rings is 1. The summed E-state index contributed by atoms with van der Waals surface area (Å²) in [7, 11) is 0. The van der Waals surface area contributed by atoms with E-state index < -0.39 is 18.1 Å². The molecular formula is C24H34F3N5O6. The van der Waals surface area contributed by atoms with E-state index in [2.05, 4.69) is 20.4 Å². The molecule has 4 N–H and O–H groups in total. The topological polar surface area (TPSA) is 144 Å².